The molecule has 1 radical (unpaired) electrons. The lowest BCUT2D eigenvalue weighted by Gasteiger charge is -1.73. The summed E-state index contributed by atoms with van der Waals surface area (Å²) in [4.78, 5) is 0. The number of hydrogen-bond acceptors (Lipinski definition) is 2. The van der Waals surface area contributed by atoms with Crippen molar-refractivity contribution in [3.8, 4) is 0 Å². The highest BCUT2D eigenvalue weighted by molar-refractivity contribution is 8.01. The molecule has 1 aliphatic rings. The predicted molar refractivity (Wildman–Crippen MR) is 22.7 cm³/mol. The van der Waals surface area contributed by atoms with E-state index in [-0.39, 0.29) is 0 Å². The van der Waals surface area contributed by atoms with Gasteiger partial charge < -0.3 is 4.74 Å². The Morgan fingerprint density at radius 1 is 1.80 bits per heavy atom. The molecular weight excluding hydrogens is 84.1 g/mol. The van der Waals surface area contributed by atoms with Crippen LogP contribution < -0.4 is 0 Å². The molecule has 1 aliphatic heterocycles. The van der Waals surface area contributed by atoms with Gasteiger partial charge in [-0.2, -0.15) is 0 Å². The first-order valence-electron chi connectivity index (χ1n) is 1.55. The Morgan fingerprint density at radius 2 is 2.80 bits per heavy atom. The second kappa shape index (κ2) is 1.67. The molecule has 1 heterocycles. The second-order valence-corrected chi connectivity index (χ2v) is 1.77. The van der Waals surface area contributed by atoms with Gasteiger partial charge in [0.05, 0.1) is 6.61 Å². The third kappa shape index (κ3) is 0.816. The highest BCUT2D eigenvalue weighted by Gasteiger charge is 1.96. The number of hydrogen-bond donors (Lipinski definition) is 0. The van der Waals surface area contributed by atoms with Crippen LogP contribution in [0.2, 0.25) is 0 Å². The van der Waals surface area contributed by atoms with Gasteiger partial charge in [-0.15, -0.1) is 11.8 Å². The molecule has 0 atom stereocenters. The predicted octanol–water partition coefficient (Wildman–Crippen LogP) is 0.869. The zero-order valence-corrected chi connectivity index (χ0v) is 3.62. The first-order chi connectivity index (χ1) is 2.50. The maximum Gasteiger partial charge on any atom is 0.138 e. The summed E-state index contributed by atoms with van der Waals surface area (Å²) >= 11 is 1.73. The van der Waals surface area contributed by atoms with Crippen LogP contribution in [0.25, 0.3) is 0 Å². The fourth-order valence-corrected chi connectivity index (χ4v) is 0.722. The maximum absolute atomic E-state index is 4.78. The molecule has 0 unspecified atom stereocenters. The van der Waals surface area contributed by atoms with Crippen LogP contribution in [0.1, 0.15) is 0 Å². The van der Waals surface area contributed by atoms with Gasteiger partial charge in [0.2, 0.25) is 0 Å². The Labute approximate surface area is 35.7 Å². The van der Waals surface area contributed by atoms with E-state index in [0.29, 0.717) is 0 Å². The van der Waals surface area contributed by atoms with E-state index in [9.17, 15) is 0 Å². The molecule has 0 N–H and O–H groups in total. The summed E-state index contributed by atoms with van der Waals surface area (Å²) in [5.74, 6) is 2.92. The molecule has 0 aliphatic carbocycles. The molecule has 1 nitrogen and oxygen atoms in total. The van der Waals surface area contributed by atoms with E-state index < -0.39 is 0 Å². The van der Waals surface area contributed by atoms with Gasteiger partial charge in [-0.3, -0.25) is 0 Å². The summed E-state index contributed by atoms with van der Waals surface area (Å²) in [6.07, 6.45) is 0. The topological polar surface area (TPSA) is 9.23 Å². The Balaban J connectivity index is 2.08. The number of rotatable bonds is 0. The first kappa shape index (κ1) is 3.50. The van der Waals surface area contributed by atoms with Gasteiger partial charge in [0.25, 0.3) is 0 Å². The minimum Gasteiger partial charge on any atom is -0.363 e. The fourth-order valence-electron chi connectivity index (χ4n) is 0.241. The van der Waals surface area contributed by atoms with E-state index >= 15 is 0 Å². The molecule has 29 valence electrons. The minimum atomic E-state index is 0.907. The van der Waals surface area contributed by atoms with Crippen molar-refractivity contribution in [2.24, 2.45) is 0 Å². The van der Waals surface area contributed by atoms with Gasteiger partial charge in [0.15, 0.2) is 0 Å². The fraction of sp³-hybridized carbons (Fsp3) is 0.667. The lowest BCUT2D eigenvalue weighted by atomic mass is 10.9. The van der Waals surface area contributed by atoms with Crippen LogP contribution in [-0.4, -0.2) is 12.4 Å². The standard InChI is InChI=1S/C3H5OS/c1-2-5-3-4-1/h3H,1-2H2. The molecule has 0 aromatic rings. The van der Waals surface area contributed by atoms with Crippen LogP contribution in [0, 0.1) is 5.94 Å². The zero-order chi connectivity index (χ0) is 3.54. The molecule has 1 saturated heterocycles. The molecule has 0 aromatic carbocycles. The van der Waals surface area contributed by atoms with Crippen molar-refractivity contribution in [2.75, 3.05) is 12.4 Å². The summed E-state index contributed by atoms with van der Waals surface area (Å²) in [6, 6.07) is 0. The van der Waals surface area contributed by atoms with Gasteiger partial charge in [0, 0.05) is 5.75 Å². The summed E-state index contributed by atoms with van der Waals surface area (Å²) in [5, 5.41) is 0. The van der Waals surface area contributed by atoms with Gasteiger partial charge in [0.1, 0.15) is 5.94 Å². The molecular formula is C3H5OS. The molecule has 2 heteroatoms. The van der Waals surface area contributed by atoms with Gasteiger partial charge in [-0.1, -0.05) is 0 Å². The van der Waals surface area contributed by atoms with Gasteiger partial charge in [-0.25, -0.2) is 0 Å². The SMILES string of the molecule is [CH]1OCCS1. The average Bonchev–Trinajstić information content (AvgIpc) is 1.76. The van der Waals surface area contributed by atoms with Crippen molar-refractivity contribution >= 4 is 11.8 Å². The molecule has 0 aromatic heterocycles. The maximum atomic E-state index is 4.78. The van der Waals surface area contributed by atoms with E-state index in [4.69, 9.17) is 4.74 Å². The molecule has 0 saturated carbocycles. The Hall–Kier alpha value is 0.310. The number of ether oxygens (including phenoxy) is 1. The minimum absolute atomic E-state index is 0.907. The smallest absolute Gasteiger partial charge is 0.138 e. The average molecular weight is 89.1 g/mol. The van der Waals surface area contributed by atoms with Crippen LogP contribution >= 0.6 is 11.8 Å². The van der Waals surface area contributed by atoms with Crippen molar-refractivity contribution in [1.82, 2.24) is 0 Å². The Bertz CT molecular complexity index is 18.5. The van der Waals surface area contributed by atoms with Gasteiger partial charge in [-0.05, 0) is 0 Å². The van der Waals surface area contributed by atoms with E-state index in [1.54, 1.807) is 17.7 Å². The number of thioether (sulfide) groups is 1. The molecule has 5 heavy (non-hydrogen) atoms. The molecule has 1 rings (SSSR count). The van der Waals surface area contributed by atoms with E-state index in [1.165, 1.54) is 0 Å². The third-order valence-electron chi connectivity index (χ3n) is 0.455. The Morgan fingerprint density at radius 3 is 3.00 bits per heavy atom. The van der Waals surface area contributed by atoms with Crippen LogP contribution in [0.3, 0.4) is 0 Å². The van der Waals surface area contributed by atoms with Gasteiger partial charge >= 0.3 is 0 Å². The highest BCUT2D eigenvalue weighted by Crippen LogP contribution is 2.12. The highest BCUT2D eigenvalue weighted by atomic mass is 32.2. The summed E-state index contributed by atoms with van der Waals surface area (Å²) < 4.78 is 4.78. The monoisotopic (exact) mass is 89.0 g/mol. The van der Waals surface area contributed by atoms with Crippen LogP contribution in [0.4, 0.5) is 0 Å². The van der Waals surface area contributed by atoms with Crippen molar-refractivity contribution in [1.29, 1.82) is 0 Å². The quantitative estimate of drug-likeness (QED) is 0.435. The van der Waals surface area contributed by atoms with Crippen LogP contribution in [0.5, 0.6) is 0 Å². The van der Waals surface area contributed by atoms with E-state index in [1.807, 2.05) is 0 Å². The molecule has 0 spiro atoms. The van der Waals surface area contributed by atoms with Crippen molar-refractivity contribution in [3.63, 3.8) is 0 Å². The van der Waals surface area contributed by atoms with Crippen molar-refractivity contribution < 1.29 is 4.74 Å². The van der Waals surface area contributed by atoms with Crippen LogP contribution in [-0.2, 0) is 4.74 Å². The second-order valence-electron chi connectivity index (χ2n) is 0.838. The van der Waals surface area contributed by atoms with Crippen molar-refractivity contribution in [3.05, 3.63) is 5.94 Å². The normalized spacial score (nSPS) is 24.0. The van der Waals surface area contributed by atoms with Crippen LogP contribution in [0.15, 0.2) is 0 Å². The molecule has 1 fully saturated rings. The zero-order valence-electron chi connectivity index (χ0n) is 2.81. The first-order valence-corrected chi connectivity index (χ1v) is 2.60. The third-order valence-corrected chi connectivity index (χ3v) is 1.13. The van der Waals surface area contributed by atoms with E-state index in [2.05, 4.69) is 0 Å². The summed E-state index contributed by atoms with van der Waals surface area (Å²) in [6.45, 7) is 0.907. The summed E-state index contributed by atoms with van der Waals surface area (Å²) in [7, 11) is 0. The lowest BCUT2D eigenvalue weighted by Crippen LogP contribution is -1.75. The summed E-state index contributed by atoms with van der Waals surface area (Å²) in [5.41, 5.74) is 0. The molecule has 0 amide bonds. The Kier molecular flexibility index (Phi) is 1.17. The van der Waals surface area contributed by atoms with E-state index in [0.717, 1.165) is 12.4 Å². The molecule has 0 bridgehead atoms. The van der Waals surface area contributed by atoms with Crippen molar-refractivity contribution in [2.45, 2.75) is 0 Å². The largest absolute Gasteiger partial charge is 0.363 e. The lowest BCUT2D eigenvalue weighted by molar-refractivity contribution is 0.267.